The first-order valence-electron chi connectivity index (χ1n) is 6.93. The number of anilines is 1. The van der Waals surface area contributed by atoms with Gasteiger partial charge in [-0.2, -0.15) is 0 Å². The Morgan fingerprint density at radius 2 is 2.05 bits per heavy atom. The van der Waals surface area contributed by atoms with E-state index in [4.69, 9.17) is 0 Å². The van der Waals surface area contributed by atoms with Gasteiger partial charge in [-0.3, -0.25) is 4.79 Å². The fraction of sp³-hybridized carbons (Fsp3) is 0.438. The fourth-order valence-electron chi connectivity index (χ4n) is 2.29. The third-order valence-corrected chi connectivity index (χ3v) is 3.49. The van der Waals surface area contributed by atoms with Crippen molar-refractivity contribution in [3.63, 3.8) is 0 Å². The topological polar surface area (TPSA) is 49.3 Å². The third kappa shape index (κ3) is 3.93. The van der Waals surface area contributed by atoms with Crippen molar-refractivity contribution >= 4 is 11.5 Å². The summed E-state index contributed by atoms with van der Waals surface area (Å²) in [5, 5.41) is 12.7. The molecule has 0 spiro atoms. The molecule has 0 radical (unpaired) electrons. The van der Waals surface area contributed by atoms with Crippen LogP contribution in [0.25, 0.3) is 0 Å². The molecule has 19 heavy (non-hydrogen) atoms. The molecule has 1 atom stereocenters. The predicted molar refractivity (Wildman–Crippen MR) is 76.9 cm³/mol. The minimum absolute atomic E-state index is 0.261. The van der Waals surface area contributed by atoms with Gasteiger partial charge in [0.1, 0.15) is 0 Å². The molecular formula is C16H21NO2. The molecule has 1 aliphatic carbocycles. The van der Waals surface area contributed by atoms with Gasteiger partial charge in [-0.05, 0) is 43.9 Å². The van der Waals surface area contributed by atoms with E-state index in [-0.39, 0.29) is 5.78 Å². The lowest BCUT2D eigenvalue weighted by atomic mass is 10.1. The zero-order valence-electron chi connectivity index (χ0n) is 11.4. The summed E-state index contributed by atoms with van der Waals surface area (Å²) in [4.78, 5) is 11.9. The average molecular weight is 259 g/mol. The van der Waals surface area contributed by atoms with Gasteiger partial charge in [-0.15, -0.1) is 0 Å². The Hall–Kier alpha value is -1.61. The van der Waals surface area contributed by atoms with E-state index in [0.717, 1.165) is 42.5 Å². The number of hydrogen-bond acceptors (Lipinski definition) is 3. The van der Waals surface area contributed by atoms with Gasteiger partial charge in [0, 0.05) is 23.9 Å². The van der Waals surface area contributed by atoms with Crippen molar-refractivity contribution in [1.29, 1.82) is 0 Å². The van der Waals surface area contributed by atoms with Gasteiger partial charge in [0.05, 0.1) is 6.10 Å². The number of carbonyl (C=O) groups is 1. The van der Waals surface area contributed by atoms with Gasteiger partial charge in [0.2, 0.25) is 0 Å². The number of hydrogen-bond donors (Lipinski definition) is 2. The van der Waals surface area contributed by atoms with Crippen LogP contribution in [-0.4, -0.2) is 10.9 Å². The van der Waals surface area contributed by atoms with Crippen LogP contribution in [0.5, 0.6) is 0 Å². The molecule has 102 valence electrons. The van der Waals surface area contributed by atoms with Crippen molar-refractivity contribution in [2.24, 2.45) is 0 Å². The van der Waals surface area contributed by atoms with Crippen LogP contribution in [0, 0.1) is 0 Å². The molecule has 1 saturated carbocycles. The van der Waals surface area contributed by atoms with Crippen LogP contribution in [0.1, 0.15) is 50.7 Å². The number of carbonyl (C=O) groups excluding carboxylic acids is 1. The first-order chi connectivity index (χ1) is 9.16. The molecule has 0 aromatic heterocycles. The van der Waals surface area contributed by atoms with Gasteiger partial charge in [-0.25, -0.2) is 0 Å². The zero-order chi connectivity index (χ0) is 13.7. The first-order valence-corrected chi connectivity index (χ1v) is 6.93. The lowest BCUT2D eigenvalue weighted by molar-refractivity contribution is -0.115. The Bertz CT molecular complexity index is 477. The van der Waals surface area contributed by atoms with Crippen LogP contribution in [0.3, 0.4) is 0 Å². The summed E-state index contributed by atoms with van der Waals surface area (Å²) in [5.41, 5.74) is 2.67. The second kappa shape index (κ2) is 6.53. The van der Waals surface area contributed by atoms with Crippen molar-refractivity contribution in [3.05, 3.63) is 41.6 Å². The van der Waals surface area contributed by atoms with Crippen LogP contribution in [-0.2, 0) is 4.79 Å². The Morgan fingerprint density at radius 1 is 1.26 bits per heavy atom. The number of ketones is 1. The van der Waals surface area contributed by atoms with Crippen molar-refractivity contribution in [2.45, 2.75) is 45.1 Å². The molecule has 1 aromatic rings. The Labute approximate surface area is 114 Å². The minimum atomic E-state index is -0.478. The average Bonchev–Trinajstić information content (AvgIpc) is 2.61. The van der Waals surface area contributed by atoms with Gasteiger partial charge in [-0.1, -0.05) is 18.6 Å². The summed E-state index contributed by atoms with van der Waals surface area (Å²) in [6.45, 7) is 1.74. The minimum Gasteiger partial charge on any atom is -0.389 e. The van der Waals surface area contributed by atoms with Crippen LogP contribution in [0.2, 0.25) is 0 Å². The van der Waals surface area contributed by atoms with Crippen LogP contribution < -0.4 is 5.32 Å². The van der Waals surface area contributed by atoms with Crippen molar-refractivity contribution in [1.82, 2.24) is 0 Å². The predicted octanol–water partition coefficient (Wildman–Crippen LogP) is 3.57. The van der Waals surface area contributed by atoms with E-state index in [1.165, 1.54) is 0 Å². The zero-order valence-corrected chi connectivity index (χ0v) is 11.4. The third-order valence-electron chi connectivity index (χ3n) is 3.49. The molecule has 0 heterocycles. The Balaban J connectivity index is 2.08. The highest BCUT2D eigenvalue weighted by Gasteiger charge is 2.13. The molecule has 0 amide bonds. The number of Topliss-reactive ketones (excluding diaryl/α,β-unsaturated/α-hetero) is 1. The Morgan fingerprint density at radius 3 is 2.84 bits per heavy atom. The molecule has 3 heteroatoms. The SMILES string of the molecule is C[C@@H](O)c1cccc(N/C=C2\CCCCCC2=O)c1. The van der Waals surface area contributed by atoms with Crippen molar-refractivity contribution in [2.75, 3.05) is 5.32 Å². The van der Waals surface area contributed by atoms with Crippen molar-refractivity contribution in [3.8, 4) is 0 Å². The summed E-state index contributed by atoms with van der Waals surface area (Å²) in [6, 6.07) is 7.63. The van der Waals surface area contributed by atoms with E-state index in [9.17, 15) is 9.90 Å². The molecule has 1 fully saturated rings. The number of allylic oxidation sites excluding steroid dienone is 1. The molecule has 3 nitrogen and oxygen atoms in total. The number of nitrogens with one attached hydrogen (secondary N) is 1. The molecule has 2 N–H and O–H groups in total. The van der Waals surface area contributed by atoms with Gasteiger partial charge in [0.15, 0.2) is 5.78 Å². The molecule has 1 aliphatic rings. The fourth-order valence-corrected chi connectivity index (χ4v) is 2.29. The highest BCUT2D eigenvalue weighted by Crippen LogP contribution is 2.21. The van der Waals surface area contributed by atoms with Crippen molar-refractivity contribution < 1.29 is 9.90 Å². The summed E-state index contributed by atoms with van der Waals surface area (Å²) in [5.74, 6) is 0.261. The van der Waals surface area contributed by atoms with Gasteiger partial charge >= 0.3 is 0 Å². The quantitative estimate of drug-likeness (QED) is 0.644. The van der Waals surface area contributed by atoms with Crippen LogP contribution in [0.4, 0.5) is 5.69 Å². The number of benzene rings is 1. The maximum absolute atomic E-state index is 11.9. The highest BCUT2D eigenvalue weighted by molar-refractivity contribution is 5.95. The number of aliphatic hydroxyl groups is 1. The summed E-state index contributed by atoms with van der Waals surface area (Å²) in [6.07, 6.45) is 6.12. The Kier molecular flexibility index (Phi) is 4.74. The molecule has 1 aromatic carbocycles. The van der Waals surface area contributed by atoms with E-state index >= 15 is 0 Å². The van der Waals surface area contributed by atoms with E-state index in [1.54, 1.807) is 6.92 Å². The standard InChI is InChI=1S/C16H21NO2/c1-12(18)13-7-5-8-15(10-13)17-11-14-6-3-2-4-9-16(14)19/h5,7-8,10-12,17-18H,2-4,6,9H2,1H3/b14-11+/t12-/m1/s1. The summed E-state index contributed by atoms with van der Waals surface area (Å²) in [7, 11) is 0. The van der Waals surface area contributed by atoms with E-state index < -0.39 is 6.10 Å². The van der Waals surface area contributed by atoms with E-state index in [2.05, 4.69) is 5.32 Å². The molecule has 0 aliphatic heterocycles. The lowest BCUT2D eigenvalue weighted by Gasteiger charge is -2.08. The largest absolute Gasteiger partial charge is 0.389 e. The van der Waals surface area contributed by atoms with E-state index in [1.807, 2.05) is 30.5 Å². The second-order valence-electron chi connectivity index (χ2n) is 5.10. The monoisotopic (exact) mass is 259 g/mol. The van der Waals surface area contributed by atoms with Gasteiger partial charge < -0.3 is 10.4 Å². The van der Waals surface area contributed by atoms with E-state index in [0.29, 0.717) is 6.42 Å². The maximum Gasteiger partial charge on any atom is 0.160 e. The first kappa shape index (κ1) is 13.8. The smallest absolute Gasteiger partial charge is 0.160 e. The maximum atomic E-state index is 11.9. The normalized spacial score (nSPS) is 20.1. The number of rotatable bonds is 3. The number of aliphatic hydroxyl groups excluding tert-OH is 1. The van der Waals surface area contributed by atoms with Crippen LogP contribution >= 0.6 is 0 Å². The second-order valence-corrected chi connectivity index (χ2v) is 5.10. The lowest BCUT2D eigenvalue weighted by Crippen LogP contribution is -2.02. The molecule has 0 saturated heterocycles. The van der Waals surface area contributed by atoms with Crippen LogP contribution in [0.15, 0.2) is 36.0 Å². The van der Waals surface area contributed by atoms with Gasteiger partial charge in [0.25, 0.3) is 0 Å². The molecular weight excluding hydrogens is 238 g/mol. The highest BCUT2D eigenvalue weighted by atomic mass is 16.3. The summed E-state index contributed by atoms with van der Waals surface area (Å²) >= 11 is 0. The summed E-state index contributed by atoms with van der Waals surface area (Å²) < 4.78 is 0. The molecule has 2 rings (SSSR count). The molecule has 0 bridgehead atoms. The molecule has 0 unspecified atom stereocenters.